The molecule has 0 amide bonds. The first-order chi connectivity index (χ1) is 13.2. The fraction of sp³-hybridized carbons (Fsp3) is 0.429. The lowest BCUT2D eigenvalue weighted by atomic mass is 10.2. The molecule has 0 aromatic heterocycles. The number of hydrogen-bond acceptors (Lipinski definition) is 4. The van der Waals surface area contributed by atoms with Crippen molar-refractivity contribution in [1.29, 1.82) is 0 Å². The Labute approximate surface area is 161 Å². The molecule has 144 valence electrons. The van der Waals surface area contributed by atoms with Crippen LogP contribution in [0.25, 0.3) is 0 Å². The molecule has 27 heavy (non-hydrogen) atoms. The van der Waals surface area contributed by atoms with Crippen LogP contribution in [-0.4, -0.2) is 26.4 Å². The summed E-state index contributed by atoms with van der Waals surface area (Å²) >= 11 is 0. The molecule has 1 fully saturated rings. The molecule has 1 N–H and O–H groups in total. The minimum absolute atomic E-state index is 0.472. The third-order valence-electron chi connectivity index (χ3n) is 5.32. The van der Waals surface area contributed by atoms with Crippen LogP contribution in [0.3, 0.4) is 0 Å². The first kappa shape index (κ1) is 18.3. The highest BCUT2D eigenvalue weighted by Crippen LogP contribution is 2.42. The molecule has 1 atom stereocenters. The molecule has 1 heterocycles. The zero-order valence-corrected chi connectivity index (χ0v) is 16.2. The molecule has 0 spiro atoms. The lowest BCUT2D eigenvalue weighted by molar-refractivity contribution is 0.253. The average molecular weight is 387 g/mol. The van der Waals surface area contributed by atoms with Crippen molar-refractivity contribution < 1.29 is 13.2 Å². The van der Waals surface area contributed by atoms with Crippen molar-refractivity contribution in [2.45, 2.75) is 50.0 Å². The third kappa shape index (κ3) is 3.82. The maximum absolute atomic E-state index is 13.3. The van der Waals surface area contributed by atoms with Crippen LogP contribution in [0.15, 0.2) is 54.6 Å². The van der Waals surface area contributed by atoms with Gasteiger partial charge in [-0.05, 0) is 50.1 Å². The Morgan fingerprint density at radius 2 is 1.70 bits per heavy atom. The van der Waals surface area contributed by atoms with Crippen LogP contribution < -0.4 is 14.4 Å². The van der Waals surface area contributed by atoms with Crippen LogP contribution in [0.5, 0.6) is 5.75 Å². The normalized spacial score (nSPS) is 21.6. The number of ether oxygens (including phenoxy) is 1. The molecule has 1 aliphatic carbocycles. The topological polar surface area (TPSA) is 58.6 Å². The Balaban J connectivity index is 1.53. The van der Waals surface area contributed by atoms with Crippen molar-refractivity contribution in [3.05, 3.63) is 54.6 Å². The fourth-order valence-electron chi connectivity index (χ4n) is 3.94. The summed E-state index contributed by atoms with van der Waals surface area (Å²) in [5, 5.41) is 3.55. The van der Waals surface area contributed by atoms with Crippen molar-refractivity contribution in [3.8, 4) is 5.75 Å². The van der Waals surface area contributed by atoms with Crippen molar-refractivity contribution in [3.63, 3.8) is 0 Å². The monoisotopic (exact) mass is 386 g/mol. The maximum Gasteiger partial charge on any atom is 0.277 e. The average Bonchev–Trinajstić information content (AvgIpc) is 3.19. The molecule has 5 nitrogen and oxygen atoms in total. The molecule has 0 radical (unpaired) electrons. The standard InChI is InChI=1S/C21H26N2O3S/c24-27(25)21(15-8-16-22-17-9-4-5-10-17)26-20-14-7-6-13-19(20)23(27)18-11-2-1-3-12-18/h1-3,6-7,11-14,17,21-22H,4-5,8-10,15-16H2. The zero-order valence-electron chi connectivity index (χ0n) is 15.4. The number of sulfonamides is 1. The molecular formula is C21H26N2O3S. The number of benzene rings is 2. The number of anilines is 2. The summed E-state index contributed by atoms with van der Waals surface area (Å²) in [4.78, 5) is 0. The highest BCUT2D eigenvalue weighted by molar-refractivity contribution is 7.93. The molecule has 0 bridgehead atoms. The van der Waals surface area contributed by atoms with Crippen LogP contribution in [-0.2, 0) is 10.0 Å². The largest absolute Gasteiger partial charge is 0.470 e. The van der Waals surface area contributed by atoms with Gasteiger partial charge in [-0.15, -0.1) is 0 Å². The van der Waals surface area contributed by atoms with Gasteiger partial charge in [-0.3, -0.25) is 0 Å². The van der Waals surface area contributed by atoms with Crippen LogP contribution >= 0.6 is 0 Å². The van der Waals surface area contributed by atoms with E-state index in [-0.39, 0.29) is 0 Å². The molecule has 2 aromatic carbocycles. The van der Waals surface area contributed by atoms with Gasteiger partial charge >= 0.3 is 0 Å². The first-order valence-electron chi connectivity index (χ1n) is 9.74. The van der Waals surface area contributed by atoms with Crippen molar-refractivity contribution in [2.24, 2.45) is 0 Å². The van der Waals surface area contributed by atoms with Crippen LogP contribution in [0.2, 0.25) is 0 Å². The van der Waals surface area contributed by atoms with Crippen LogP contribution in [0.4, 0.5) is 11.4 Å². The number of fused-ring (bicyclic) bond motifs is 1. The number of hydrogen-bond donors (Lipinski definition) is 1. The van der Waals surface area contributed by atoms with Gasteiger partial charge in [0.15, 0.2) is 0 Å². The number of rotatable bonds is 6. The lowest BCUT2D eigenvalue weighted by Gasteiger charge is -2.35. The van der Waals surface area contributed by atoms with Gasteiger partial charge in [0.05, 0.1) is 11.4 Å². The van der Waals surface area contributed by atoms with Gasteiger partial charge in [0.25, 0.3) is 10.0 Å². The van der Waals surface area contributed by atoms with E-state index in [9.17, 15) is 8.42 Å². The van der Waals surface area contributed by atoms with E-state index in [2.05, 4.69) is 5.32 Å². The van der Waals surface area contributed by atoms with E-state index in [1.165, 1.54) is 30.0 Å². The quantitative estimate of drug-likeness (QED) is 0.757. The Morgan fingerprint density at radius 1 is 1.00 bits per heavy atom. The van der Waals surface area contributed by atoms with Gasteiger partial charge in [-0.1, -0.05) is 43.2 Å². The van der Waals surface area contributed by atoms with Gasteiger partial charge in [-0.25, -0.2) is 12.7 Å². The number of nitrogens with one attached hydrogen (secondary N) is 1. The number of nitrogens with zero attached hydrogens (tertiary/aromatic N) is 1. The van der Waals surface area contributed by atoms with Crippen LogP contribution in [0, 0.1) is 0 Å². The summed E-state index contributed by atoms with van der Waals surface area (Å²) in [6.45, 7) is 0.826. The Bertz CT molecular complexity index is 864. The van der Waals surface area contributed by atoms with Crippen molar-refractivity contribution in [1.82, 2.24) is 5.32 Å². The van der Waals surface area contributed by atoms with E-state index >= 15 is 0 Å². The molecule has 4 rings (SSSR count). The van der Waals surface area contributed by atoms with E-state index in [1.54, 1.807) is 6.07 Å². The second-order valence-electron chi connectivity index (χ2n) is 7.24. The van der Waals surface area contributed by atoms with Gasteiger partial charge in [0, 0.05) is 12.5 Å². The van der Waals surface area contributed by atoms with Crippen LogP contribution in [0.1, 0.15) is 38.5 Å². The number of para-hydroxylation sites is 3. The van der Waals surface area contributed by atoms with E-state index in [1.807, 2.05) is 48.5 Å². The summed E-state index contributed by atoms with van der Waals surface area (Å²) in [7, 11) is -3.65. The Morgan fingerprint density at radius 3 is 2.48 bits per heavy atom. The van der Waals surface area contributed by atoms with Gasteiger partial charge < -0.3 is 10.1 Å². The lowest BCUT2D eigenvalue weighted by Crippen LogP contribution is -2.43. The molecule has 1 aliphatic heterocycles. The summed E-state index contributed by atoms with van der Waals surface area (Å²) < 4.78 is 34.0. The molecule has 6 heteroatoms. The highest BCUT2D eigenvalue weighted by atomic mass is 32.2. The fourth-order valence-corrected chi connectivity index (χ4v) is 5.71. The predicted octanol–water partition coefficient (Wildman–Crippen LogP) is 4.19. The summed E-state index contributed by atoms with van der Waals surface area (Å²) in [6, 6.07) is 17.1. The van der Waals surface area contributed by atoms with Gasteiger partial charge in [0.2, 0.25) is 5.44 Å². The molecule has 1 saturated carbocycles. The first-order valence-corrected chi connectivity index (χ1v) is 11.2. The van der Waals surface area contributed by atoms with Gasteiger partial charge in [0.1, 0.15) is 5.75 Å². The second-order valence-corrected chi connectivity index (χ2v) is 9.16. The zero-order chi connectivity index (χ0) is 18.7. The van der Waals surface area contributed by atoms with E-state index in [4.69, 9.17) is 4.74 Å². The Hall–Kier alpha value is -2.05. The van der Waals surface area contributed by atoms with E-state index < -0.39 is 15.5 Å². The maximum atomic E-state index is 13.3. The smallest absolute Gasteiger partial charge is 0.277 e. The third-order valence-corrected chi connectivity index (χ3v) is 7.24. The van der Waals surface area contributed by atoms with E-state index in [0.717, 1.165) is 13.0 Å². The Kier molecular flexibility index (Phi) is 5.36. The molecular weight excluding hydrogens is 360 g/mol. The molecule has 0 saturated heterocycles. The van der Waals surface area contributed by atoms with Crippen molar-refractivity contribution in [2.75, 3.05) is 10.8 Å². The molecule has 2 aliphatic rings. The summed E-state index contributed by atoms with van der Waals surface area (Å²) in [6.07, 6.45) is 6.28. The minimum atomic E-state index is -3.65. The second kappa shape index (κ2) is 7.90. The van der Waals surface area contributed by atoms with Gasteiger partial charge in [-0.2, -0.15) is 0 Å². The predicted molar refractivity (Wildman–Crippen MR) is 108 cm³/mol. The minimum Gasteiger partial charge on any atom is -0.470 e. The molecule has 2 aromatic rings. The van der Waals surface area contributed by atoms with E-state index in [0.29, 0.717) is 29.6 Å². The highest BCUT2D eigenvalue weighted by Gasteiger charge is 2.40. The summed E-state index contributed by atoms with van der Waals surface area (Å²) in [5.41, 5.74) is 0.351. The molecule has 1 unspecified atom stereocenters. The SMILES string of the molecule is O=S1(=O)C(CCCNC2CCCC2)Oc2ccccc2N1c1ccccc1. The van der Waals surface area contributed by atoms with Crippen molar-refractivity contribution >= 4 is 21.4 Å². The summed E-state index contributed by atoms with van der Waals surface area (Å²) in [5.74, 6) is 0.616.